The predicted molar refractivity (Wildman–Crippen MR) is 159 cm³/mol. The molecule has 2 atom stereocenters. The molecule has 0 bridgehead atoms. The van der Waals surface area contributed by atoms with E-state index in [4.69, 9.17) is 4.74 Å². The van der Waals surface area contributed by atoms with Gasteiger partial charge in [-0.2, -0.15) is 0 Å². The van der Waals surface area contributed by atoms with Crippen LogP contribution in [-0.2, 0) is 28.9 Å². The minimum absolute atomic E-state index is 0.0695. The van der Waals surface area contributed by atoms with Gasteiger partial charge in [-0.15, -0.1) is 0 Å². The first-order valence-electron chi connectivity index (χ1n) is 13.8. The van der Waals surface area contributed by atoms with Gasteiger partial charge in [-0.1, -0.05) is 42.5 Å². The number of nitrogens with one attached hydrogen (secondary N) is 2. The average Bonchev–Trinajstić information content (AvgIpc) is 3.33. The number of amides is 1. The van der Waals surface area contributed by atoms with Crippen molar-refractivity contribution in [1.29, 1.82) is 0 Å². The summed E-state index contributed by atoms with van der Waals surface area (Å²) in [5.74, 6) is 0.388. The quantitative estimate of drug-likeness (QED) is 0.224. The zero-order valence-electron chi connectivity index (χ0n) is 24.1. The largest absolute Gasteiger partial charge is 0.465 e. The molecule has 0 aliphatic carbocycles. The van der Waals surface area contributed by atoms with Crippen molar-refractivity contribution in [2.24, 2.45) is 0 Å². The lowest BCUT2D eigenvalue weighted by Crippen LogP contribution is -2.32. The number of nitrogens with zero attached hydrogens (tertiary/aromatic N) is 2. The zero-order valence-corrected chi connectivity index (χ0v) is 24.1. The van der Waals surface area contributed by atoms with Crippen LogP contribution < -0.4 is 10.6 Å². The second-order valence-corrected chi connectivity index (χ2v) is 10.4. The van der Waals surface area contributed by atoms with Crippen LogP contribution in [0, 0.1) is 13.8 Å². The molecule has 0 aliphatic heterocycles. The van der Waals surface area contributed by atoms with Gasteiger partial charge in [-0.25, -0.2) is 9.78 Å². The number of aromatic nitrogens is 2. The van der Waals surface area contributed by atoms with Crippen LogP contribution in [0.5, 0.6) is 0 Å². The van der Waals surface area contributed by atoms with Gasteiger partial charge in [0, 0.05) is 42.3 Å². The molecular weight excluding hydrogens is 516 g/mol. The number of aliphatic hydroxyl groups is 1. The maximum atomic E-state index is 12.4. The number of hydrogen-bond acceptors (Lipinski definition) is 6. The Balaban J connectivity index is 1.19. The van der Waals surface area contributed by atoms with Crippen molar-refractivity contribution in [2.45, 2.75) is 52.3 Å². The molecule has 2 aromatic carbocycles. The molecule has 0 saturated heterocycles. The van der Waals surface area contributed by atoms with Crippen LogP contribution in [0.4, 0.5) is 0 Å². The van der Waals surface area contributed by atoms with Gasteiger partial charge in [0.15, 0.2) is 0 Å². The van der Waals surface area contributed by atoms with Crippen LogP contribution in [0.3, 0.4) is 0 Å². The number of rotatable bonds is 12. The maximum Gasteiger partial charge on any atom is 0.337 e. The van der Waals surface area contributed by atoms with E-state index in [2.05, 4.69) is 39.2 Å². The fourth-order valence-electron chi connectivity index (χ4n) is 4.73. The molecular formula is C33H38N4O4. The second kappa shape index (κ2) is 13.9. The normalized spacial score (nSPS) is 12.5. The van der Waals surface area contributed by atoms with Gasteiger partial charge >= 0.3 is 5.97 Å². The summed E-state index contributed by atoms with van der Waals surface area (Å²) in [5, 5.41) is 17.0. The van der Waals surface area contributed by atoms with Crippen molar-refractivity contribution in [2.75, 3.05) is 13.7 Å². The van der Waals surface area contributed by atoms with Crippen LogP contribution >= 0.6 is 0 Å². The van der Waals surface area contributed by atoms with Gasteiger partial charge in [0.25, 0.3) is 0 Å². The summed E-state index contributed by atoms with van der Waals surface area (Å²) in [6, 6.07) is 23.1. The molecule has 4 rings (SSSR count). The van der Waals surface area contributed by atoms with E-state index < -0.39 is 6.10 Å². The summed E-state index contributed by atoms with van der Waals surface area (Å²) in [6.07, 6.45) is 2.17. The number of aryl methyl sites for hydroxylation is 2. The molecule has 4 aromatic rings. The minimum Gasteiger partial charge on any atom is -0.465 e. The van der Waals surface area contributed by atoms with Gasteiger partial charge < -0.3 is 25.0 Å². The first-order valence-corrected chi connectivity index (χ1v) is 13.8. The van der Waals surface area contributed by atoms with Crippen molar-refractivity contribution in [1.82, 2.24) is 20.2 Å². The Bertz CT molecular complexity index is 1420. The number of carbonyl (C=O) groups is 2. The van der Waals surface area contributed by atoms with Crippen molar-refractivity contribution >= 4 is 11.9 Å². The number of pyridine rings is 1. The molecule has 0 aliphatic rings. The molecule has 41 heavy (non-hydrogen) atoms. The monoisotopic (exact) mass is 554 g/mol. The second-order valence-electron chi connectivity index (χ2n) is 10.4. The molecule has 0 fully saturated rings. The summed E-state index contributed by atoms with van der Waals surface area (Å²) < 4.78 is 6.79. The fourth-order valence-corrected chi connectivity index (χ4v) is 4.73. The van der Waals surface area contributed by atoms with Crippen LogP contribution in [-0.4, -0.2) is 46.2 Å². The van der Waals surface area contributed by atoms with E-state index in [0.29, 0.717) is 18.7 Å². The Kier molecular flexibility index (Phi) is 10.1. The number of aliphatic hydroxyl groups excluding tert-OH is 1. The molecule has 2 heterocycles. The van der Waals surface area contributed by atoms with Gasteiger partial charge in [-0.05, 0) is 74.2 Å². The molecule has 0 radical (unpaired) electrons. The Morgan fingerprint density at radius 1 is 0.902 bits per heavy atom. The van der Waals surface area contributed by atoms with E-state index in [-0.39, 0.29) is 24.3 Å². The molecule has 8 nitrogen and oxygen atoms in total. The van der Waals surface area contributed by atoms with E-state index in [9.17, 15) is 14.7 Å². The summed E-state index contributed by atoms with van der Waals surface area (Å²) in [6.45, 7) is 7.00. The van der Waals surface area contributed by atoms with Crippen LogP contribution in [0.2, 0.25) is 0 Å². The first kappa shape index (κ1) is 29.7. The topological polar surface area (TPSA) is 105 Å². The molecule has 1 amide bonds. The lowest BCUT2D eigenvalue weighted by molar-refractivity contribution is -0.120. The van der Waals surface area contributed by atoms with Gasteiger partial charge in [0.2, 0.25) is 5.91 Å². The fraction of sp³-hybridized carbons (Fsp3) is 0.303. The first-order chi connectivity index (χ1) is 19.7. The Morgan fingerprint density at radius 2 is 1.54 bits per heavy atom. The predicted octanol–water partition coefficient (Wildman–Crippen LogP) is 4.39. The molecule has 0 saturated carbocycles. The Hall–Kier alpha value is -4.27. The smallest absolute Gasteiger partial charge is 0.337 e. The molecule has 1 unspecified atom stereocenters. The molecule has 2 aromatic heterocycles. The standard InChI is InChI=1S/C33H38N4O4/c1-22(34-21-30(38)29-15-16-31(35-20-29)37-23(2)5-6-24(37)3)17-25-7-9-26(10-8-25)18-32(39)36-19-27-11-13-28(14-12-27)33(40)41-4/h5-16,20,22,30,34,38H,17-19,21H2,1-4H3,(H,36,39)/t22?,30-/m1/s1. The third-order valence-corrected chi connectivity index (χ3v) is 7.11. The summed E-state index contributed by atoms with van der Waals surface area (Å²) in [5.41, 5.74) is 6.48. The van der Waals surface area contributed by atoms with Crippen molar-refractivity contribution in [3.63, 3.8) is 0 Å². The van der Waals surface area contributed by atoms with Gasteiger partial charge in [-0.3, -0.25) is 4.79 Å². The lowest BCUT2D eigenvalue weighted by atomic mass is 10.0. The molecule has 214 valence electrons. The van der Waals surface area contributed by atoms with E-state index in [1.165, 1.54) is 7.11 Å². The van der Waals surface area contributed by atoms with E-state index in [1.54, 1.807) is 30.5 Å². The SMILES string of the molecule is COC(=O)c1ccc(CNC(=O)Cc2ccc(CC(C)NC[C@@H](O)c3ccc(-n4c(C)ccc4C)nc3)cc2)cc1. The van der Waals surface area contributed by atoms with Crippen molar-refractivity contribution in [3.8, 4) is 5.82 Å². The highest BCUT2D eigenvalue weighted by Gasteiger charge is 2.13. The zero-order chi connectivity index (χ0) is 29.4. The number of ether oxygens (including phenoxy) is 1. The minimum atomic E-state index is -0.655. The summed E-state index contributed by atoms with van der Waals surface area (Å²) in [7, 11) is 1.35. The highest BCUT2D eigenvalue weighted by atomic mass is 16.5. The third kappa shape index (κ3) is 8.13. The van der Waals surface area contributed by atoms with Crippen LogP contribution in [0.15, 0.2) is 79.0 Å². The molecule has 0 spiro atoms. The van der Waals surface area contributed by atoms with Crippen molar-refractivity contribution in [3.05, 3.63) is 118 Å². The Morgan fingerprint density at radius 3 is 2.15 bits per heavy atom. The Labute approximate surface area is 241 Å². The maximum absolute atomic E-state index is 12.4. The third-order valence-electron chi connectivity index (χ3n) is 7.11. The van der Waals surface area contributed by atoms with Crippen molar-refractivity contribution < 1.29 is 19.4 Å². The van der Waals surface area contributed by atoms with Gasteiger partial charge in [0.05, 0.1) is 25.2 Å². The van der Waals surface area contributed by atoms with E-state index in [1.807, 2.05) is 50.2 Å². The lowest BCUT2D eigenvalue weighted by Gasteiger charge is -2.18. The number of hydrogen-bond donors (Lipinski definition) is 3. The number of esters is 1. The van der Waals surface area contributed by atoms with E-state index >= 15 is 0 Å². The van der Waals surface area contributed by atoms with Crippen LogP contribution in [0.25, 0.3) is 5.82 Å². The molecule has 3 N–H and O–H groups in total. The number of methoxy groups -OCH3 is 1. The number of benzene rings is 2. The number of carbonyl (C=O) groups excluding carboxylic acids is 2. The average molecular weight is 555 g/mol. The summed E-state index contributed by atoms with van der Waals surface area (Å²) in [4.78, 5) is 28.5. The van der Waals surface area contributed by atoms with Crippen LogP contribution in [0.1, 0.15) is 57.0 Å². The highest BCUT2D eigenvalue weighted by Crippen LogP contribution is 2.17. The molecule has 8 heteroatoms. The van der Waals surface area contributed by atoms with E-state index in [0.717, 1.165) is 45.9 Å². The van der Waals surface area contributed by atoms with Gasteiger partial charge in [0.1, 0.15) is 5.82 Å². The summed E-state index contributed by atoms with van der Waals surface area (Å²) >= 11 is 0. The highest BCUT2D eigenvalue weighted by molar-refractivity contribution is 5.89.